The Morgan fingerprint density at radius 2 is 1.91 bits per heavy atom. The zero-order valence-corrected chi connectivity index (χ0v) is 29.9. The average molecular weight is 655 g/mol. The fourth-order valence-corrected chi connectivity index (χ4v) is 6.80. The first-order valence-electron chi connectivity index (χ1n) is 16.4. The number of amides is 1. The maximum atomic E-state index is 14.2. The Hall–Kier alpha value is -3.34. The van der Waals surface area contributed by atoms with Crippen LogP contribution in [0.4, 0.5) is 5.69 Å². The van der Waals surface area contributed by atoms with Crippen LogP contribution in [0.3, 0.4) is 0 Å². The summed E-state index contributed by atoms with van der Waals surface area (Å²) in [5, 5.41) is 14.8. The number of hydrogen-bond donors (Lipinski definition) is 2. The van der Waals surface area contributed by atoms with E-state index in [9.17, 15) is 14.7 Å². The summed E-state index contributed by atoms with van der Waals surface area (Å²) in [6.45, 7) is 19.6. The molecule has 10 heteroatoms. The Morgan fingerprint density at radius 1 is 1.23 bits per heavy atom. The number of rotatable bonds is 4. The monoisotopic (exact) mass is 654 g/mol. The molecule has 0 radical (unpaired) electrons. The average Bonchev–Trinajstić information content (AvgIpc) is 3.68. The van der Waals surface area contributed by atoms with Gasteiger partial charge in [-0.2, -0.15) is 0 Å². The number of methoxy groups -OCH3 is 2. The first-order chi connectivity index (χ1) is 21.8. The van der Waals surface area contributed by atoms with Crippen molar-refractivity contribution in [1.29, 1.82) is 0 Å². The number of carbonyl (C=O) groups excluding carboxylic acids is 2. The number of ether oxygens (including phenoxy) is 5. The molecule has 2 N–H and O–H groups in total. The lowest BCUT2D eigenvalue weighted by molar-refractivity contribution is -0.159. The number of anilines is 1. The van der Waals surface area contributed by atoms with Gasteiger partial charge in [0.1, 0.15) is 29.7 Å². The molecule has 4 rings (SSSR count). The molecule has 7 atom stereocenters. The van der Waals surface area contributed by atoms with E-state index in [1.54, 1.807) is 40.0 Å². The summed E-state index contributed by atoms with van der Waals surface area (Å²) in [6, 6.07) is 4.05. The smallest absolute Gasteiger partial charge is 0.308 e. The second kappa shape index (κ2) is 13.6. The SMILES string of the molecule is C=C1N[C@]2(O)C[C@H](O1)[C@@H](C)[C@@H]1O[C@@]1(C)[C@@H](OC(=O)C(C)C)CC(=O)N(C)c1cc(cc(OC)c1C(C)(C)C)C/C(C)=C/C=C/[C@H]2OC. The van der Waals surface area contributed by atoms with Crippen LogP contribution in [0.1, 0.15) is 79.4 Å². The molecule has 0 aromatic heterocycles. The maximum Gasteiger partial charge on any atom is 0.308 e. The van der Waals surface area contributed by atoms with E-state index in [1.807, 2.05) is 51.1 Å². The molecule has 1 aromatic carbocycles. The normalized spacial score (nSPS) is 33.6. The van der Waals surface area contributed by atoms with Gasteiger partial charge < -0.3 is 39.0 Å². The lowest BCUT2D eigenvalue weighted by Gasteiger charge is -2.44. The number of carbonyl (C=O) groups is 2. The van der Waals surface area contributed by atoms with Crippen LogP contribution < -0.4 is 15.0 Å². The van der Waals surface area contributed by atoms with Crippen molar-refractivity contribution in [3.8, 4) is 5.75 Å². The molecule has 3 aliphatic heterocycles. The third-order valence-electron chi connectivity index (χ3n) is 9.56. The lowest BCUT2D eigenvalue weighted by Crippen LogP contribution is -2.60. The van der Waals surface area contributed by atoms with Crippen molar-refractivity contribution < 1.29 is 38.4 Å². The first kappa shape index (κ1) is 36.5. The van der Waals surface area contributed by atoms with Gasteiger partial charge in [-0.1, -0.05) is 65.3 Å². The Morgan fingerprint density at radius 3 is 2.51 bits per heavy atom. The quantitative estimate of drug-likeness (QED) is 0.329. The van der Waals surface area contributed by atoms with Gasteiger partial charge in [0.25, 0.3) is 0 Å². The zero-order valence-electron chi connectivity index (χ0n) is 29.9. The lowest BCUT2D eigenvalue weighted by atomic mass is 9.83. The highest BCUT2D eigenvalue weighted by Gasteiger charge is 2.64. The molecule has 0 unspecified atom stereocenters. The Balaban J connectivity index is 1.86. The minimum atomic E-state index is -1.51. The van der Waals surface area contributed by atoms with Crippen LogP contribution in [-0.4, -0.2) is 74.0 Å². The van der Waals surface area contributed by atoms with Gasteiger partial charge in [0.15, 0.2) is 11.6 Å². The van der Waals surface area contributed by atoms with Gasteiger partial charge in [-0.15, -0.1) is 0 Å². The van der Waals surface area contributed by atoms with Crippen molar-refractivity contribution >= 4 is 17.6 Å². The summed E-state index contributed by atoms with van der Waals surface area (Å²) in [6.07, 6.45) is 3.81. The van der Waals surface area contributed by atoms with Gasteiger partial charge in [-0.25, -0.2) is 0 Å². The predicted octanol–water partition coefficient (Wildman–Crippen LogP) is 5.32. The van der Waals surface area contributed by atoms with E-state index in [4.69, 9.17) is 23.7 Å². The highest BCUT2D eigenvalue weighted by molar-refractivity contribution is 5.95. The van der Waals surface area contributed by atoms with Crippen molar-refractivity contribution in [3.63, 3.8) is 0 Å². The third-order valence-corrected chi connectivity index (χ3v) is 9.56. The number of esters is 1. The third kappa shape index (κ3) is 7.71. The van der Waals surface area contributed by atoms with Gasteiger partial charge in [0.05, 0.1) is 31.2 Å². The predicted molar refractivity (Wildman–Crippen MR) is 181 cm³/mol. The number of nitrogens with zero attached hydrogens (tertiary/aromatic N) is 1. The van der Waals surface area contributed by atoms with E-state index < -0.39 is 47.6 Å². The van der Waals surface area contributed by atoms with E-state index in [1.165, 1.54) is 0 Å². The molecular weight excluding hydrogens is 600 g/mol. The molecule has 3 heterocycles. The van der Waals surface area contributed by atoms with Crippen LogP contribution in [0.2, 0.25) is 0 Å². The highest BCUT2D eigenvalue weighted by atomic mass is 16.7. The topological polar surface area (TPSA) is 119 Å². The molecule has 3 aliphatic rings. The fraction of sp³-hybridized carbons (Fsp3) is 0.622. The van der Waals surface area contributed by atoms with Gasteiger partial charge in [0, 0.05) is 32.1 Å². The van der Waals surface area contributed by atoms with E-state index in [0.717, 1.165) is 22.4 Å². The zero-order chi connectivity index (χ0) is 35.1. The fourth-order valence-electron chi connectivity index (χ4n) is 6.80. The van der Waals surface area contributed by atoms with Crippen molar-refractivity contribution in [2.24, 2.45) is 11.8 Å². The van der Waals surface area contributed by atoms with Crippen LogP contribution in [0.5, 0.6) is 5.75 Å². The molecule has 0 saturated carbocycles. The van der Waals surface area contributed by atoms with Crippen LogP contribution in [0.15, 0.2) is 48.4 Å². The molecule has 260 valence electrons. The number of fused-ring (bicyclic) bond motifs is 5. The standard InChI is InChI=1S/C37H54N2O8/c1-21(2)34(41)46-30-19-31(40)39(10)26-17-25(18-27(43-11)32(26)35(6,7)8)16-22(3)14-13-15-29(44-12)37(42)20-28(45-24(5)38-37)23(4)33-36(30,9)47-33/h13-15,17-18,21,23,28-30,33,38,42H,5,16,19-20H2,1-4,6-12H3/b15-13+,22-14+/t23-,28+,29-,30+,33+,36+,37+/m1/s1. The van der Waals surface area contributed by atoms with Gasteiger partial charge in [-0.3, -0.25) is 9.59 Å². The summed E-state index contributed by atoms with van der Waals surface area (Å²) in [5.74, 6) is -0.396. The number of allylic oxidation sites excluding steroid dienone is 3. The van der Waals surface area contributed by atoms with Crippen LogP contribution in [0, 0.1) is 11.8 Å². The highest BCUT2D eigenvalue weighted by Crippen LogP contribution is 2.49. The van der Waals surface area contributed by atoms with E-state index in [-0.39, 0.29) is 36.0 Å². The minimum absolute atomic E-state index is 0.0941. The van der Waals surface area contributed by atoms with Gasteiger partial charge >= 0.3 is 5.97 Å². The molecular formula is C37H54N2O8. The Bertz CT molecular complexity index is 1430. The van der Waals surface area contributed by atoms with E-state index >= 15 is 0 Å². The number of nitrogens with one attached hydrogen (secondary N) is 1. The molecule has 10 nitrogen and oxygen atoms in total. The summed E-state index contributed by atoms with van der Waals surface area (Å²) < 4.78 is 30.1. The number of aliphatic hydroxyl groups is 1. The molecule has 2 fully saturated rings. The summed E-state index contributed by atoms with van der Waals surface area (Å²) in [7, 11) is 4.94. The molecule has 0 spiro atoms. The summed E-state index contributed by atoms with van der Waals surface area (Å²) in [4.78, 5) is 28.8. The molecule has 47 heavy (non-hydrogen) atoms. The van der Waals surface area contributed by atoms with Crippen LogP contribution >= 0.6 is 0 Å². The van der Waals surface area contributed by atoms with Crippen molar-refractivity contribution in [2.45, 2.75) is 116 Å². The van der Waals surface area contributed by atoms with Crippen molar-refractivity contribution in [2.75, 3.05) is 26.2 Å². The summed E-state index contributed by atoms with van der Waals surface area (Å²) in [5.41, 5.74) is 0.813. The van der Waals surface area contributed by atoms with Gasteiger partial charge in [0.2, 0.25) is 5.91 Å². The van der Waals surface area contributed by atoms with Crippen LogP contribution in [-0.2, 0) is 40.4 Å². The molecule has 1 amide bonds. The number of benzene rings is 1. The van der Waals surface area contributed by atoms with E-state index in [0.29, 0.717) is 12.2 Å². The summed E-state index contributed by atoms with van der Waals surface area (Å²) >= 11 is 0. The second-order valence-corrected chi connectivity index (χ2v) is 14.8. The number of epoxide rings is 1. The Kier molecular flexibility index (Phi) is 10.6. The van der Waals surface area contributed by atoms with Crippen molar-refractivity contribution in [3.05, 3.63) is 59.5 Å². The number of hydrogen-bond acceptors (Lipinski definition) is 9. The van der Waals surface area contributed by atoms with Gasteiger partial charge in [-0.05, 0) is 50.0 Å². The Labute approximate surface area is 280 Å². The maximum absolute atomic E-state index is 14.2. The minimum Gasteiger partial charge on any atom is -0.496 e. The molecule has 4 bridgehead atoms. The van der Waals surface area contributed by atoms with Crippen molar-refractivity contribution in [1.82, 2.24) is 5.32 Å². The molecule has 0 aliphatic carbocycles. The van der Waals surface area contributed by atoms with E-state index in [2.05, 4.69) is 32.7 Å². The molecule has 2 saturated heterocycles. The second-order valence-electron chi connectivity index (χ2n) is 14.8. The largest absolute Gasteiger partial charge is 0.496 e. The van der Waals surface area contributed by atoms with Crippen LogP contribution in [0.25, 0.3) is 0 Å². The first-order valence-corrected chi connectivity index (χ1v) is 16.4. The molecule has 1 aromatic rings.